The van der Waals surface area contributed by atoms with E-state index in [2.05, 4.69) is 42.3 Å². The van der Waals surface area contributed by atoms with Gasteiger partial charge in [-0.3, -0.25) is 0 Å². The van der Waals surface area contributed by atoms with Gasteiger partial charge in [0.1, 0.15) is 6.07 Å². The Morgan fingerprint density at radius 2 is 2.05 bits per heavy atom. The third-order valence-electron chi connectivity index (χ3n) is 4.32. The molecule has 0 aliphatic carbocycles. The number of nitriles is 1. The number of hydrogen-bond acceptors (Lipinski definition) is 4. The highest BCUT2D eigenvalue weighted by Crippen LogP contribution is 2.30. The first-order valence-corrected chi connectivity index (χ1v) is 7.63. The SMILES string of the molecule is COCCNCc1ccc(N2CC(C)C(C)C2)c(C#N)c1. The summed E-state index contributed by atoms with van der Waals surface area (Å²) in [4.78, 5) is 2.34. The molecule has 0 bridgehead atoms. The second-order valence-corrected chi connectivity index (χ2v) is 5.99. The van der Waals surface area contributed by atoms with E-state index in [4.69, 9.17) is 4.74 Å². The van der Waals surface area contributed by atoms with E-state index >= 15 is 0 Å². The lowest BCUT2D eigenvalue weighted by Gasteiger charge is -2.20. The zero-order chi connectivity index (χ0) is 15.2. The Morgan fingerprint density at radius 1 is 1.33 bits per heavy atom. The van der Waals surface area contributed by atoms with Gasteiger partial charge in [-0.2, -0.15) is 5.26 Å². The van der Waals surface area contributed by atoms with Gasteiger partial charge in [0.05, 0.1) is 17.9 Å². The molecule has 1 aliphatic heterocycles. The summed E-state index contributed by atoms with van der Waals surface area (Å²) in [5.41, 5.74) is 3.00. The van der Waals surface area contributed by atoms with Crippen LogP contribution in [0.3, 0.4) is 0 Å². The molecule has 4 nitrogen and oxygen atoms in total. The standard InChI is InChI=1S/C17H25N3O/c1-13-11-20(12-14(13)2)17-5-4-15(8-16(17)9-18)10-19-6-7-21-3/h4-5,8,13-14,19H,6-7,10-12H2,1-3H3. The van der Waals surface area contributed by atoms with E-state index in [-0.39, 0.29) is 0 Å². The van der Waals surface area contributed by atoms with Gasteiger partial charge in [-0.1, -0.05) is 19.9 Å². The van der Waals surface area contributed by atoms with Crippen molar-refractivity contribution in [3.8, 4) is 6.07 Å². The third-order valence-corrected chi connectivity index (χ3v) is 4.32. The first-order chi connectivity index (χ1) is 10.2. The summed E-state index contributed by atoms with van der Waals surface area (Å²) in [5.74, 6) is 1.37. The van der Waals surface area contributed by atoms with Gasteiger partial charge in [-0.05, 0) is 29.5 Å². The van der Waals surface area contributed by atoms with Gasteiger partial charge < -0.3 is 15.0 Å². The minimum absolute atomic E-state index is 0.687. The van der Waals surface area contributed by atoms with E-state index in [9.17, 15) is 5.26 Å². The minimum Gasteiger partial charge on any atom is -0.383 e. The highest BCUT2D eigenvalue weighted by atomic mass is 16.5. The van der Waals surface area contributed by atoms with E-state index in [0.29, 0.717) is 18.4 Å². The molecule has 1 N–H and O–H groups in total. The van der Waals surface area contributed by atoms with Crippen molar-refractivity contribution < 1.29 is 4.74 Å². The van der Waals surface area contributed by atoms with Crippen molar-refractivity contribution in [1.29, 1.82) is 5.26 Å². The molecule has 0 radical (unpaired) electrons. The van der Waals surface area contributed by atoms with Crippen LogP contribution in [0.15, 0.2) is 18.2 Å². The summed E-state index contributed by atoms with van der Waals surface area (Å²) in [6, 6.07) is 8.56. The van der Waals surface area contributed by atoms with E-state index in [1.54, 1.807) is 7.11 Å². The molecule has 1 aliphatic rings. The van der Waals surface area contributed by atoms with Crippen LogP contribution in [-0.2, 0) is 11.3 Å². The fourth-order valence-electron chi connectivity index (χ4n) is 2.79. The summed E-state index contributed by atoms with van der Waals surface area (Å²) < 4.78 is 5.01. The molecule has 2 rings (SSSR count). The summed E-state index contributed by atoms with van der Waals surface area (Å²) in [7, 11) is 1.70. The molecule has 0 spiro atoms. The van der Waals surface area contributed by atoms with Gasteiger partial charge in [0.15, 0.2) is 0 Å². The van der Waals surface area contributed by atoms with Crippen LogP contribution < -0.4 is 10.2 Å². The fourth-order valence-corrected chi connectivity index (χ4v) is 2.79. The number of anilines is 1. The Bertz CT molecular complexity index is 499. The molecule has 1 saturated heterocycles. The maximum absolute atomic E-state index is 9.43. The molecule has 2 unspecified atom stereocenters. The van der Waals surface area contributed by atoms with Crippen LogP contribution >= 0.6 is 0 Å². The number of benzene rings is 1. The Labute approximate surface area is 127 Å². The third kappa shape index (κ3) is 3.96. The maximum Gasteiger partial charge on any atom is 0.101 e. The average Bonchev–Trinajstić information content (AvgIpc) is 2.83. The number of nitrogens with zero attached hydrogens (tertiary/aromatic N) is 2. The second-order valence-electron chi connectivity index (χ2n) is 5.99. The van der Waals surface area contributed by atoms with Crippen LogP contribution in [-0.4, -0.2) is 33.4 Å². The molecular formula is C17H25N3O. The van der Waals surface area contributed by atoms with Gasteiger partial charge in [-0.25, -0.2) is 0 Å². The van der Waals surface area contributed by atoms with Crippen LogP contribution in [0.25, 0.3) is 0 Å². The number of methoxy groups -OCH3 is 1. The number of hydrogen-bond donors (Lipinski definition) is 1. The van der Waals surface area contributed by atoms with Crippen molar-refractivity contribution in [1.82, 2.24) is 5.32 Å². The van der Waals surface area contributed by atoms with Crippen molar-refractivity contribution in [3.63, 3.8) is 0 Å². The minimum atomic E-state index is 0.687. The van der Waals surface area contributed by atoms with Crippen molar-refractivity contribution in [2.24, 2.45) is 11.8 Å². The van der Waals surface area contributed by atoms with Gasteiger partial charge in [0, 0.05) is 33.3 Å². The van der Waals surface area contributed by atoms with Crippen LogP contribution in [0.1, 0.15) is 25.0 Å². The number of ether oxygens (including phenoxy) is 1. The van der Waals surface area contributed by atoms with Gasteiger partial charge in [0.2, 0.25) is 0 Å². The number of rotatable bonds is 6. The molecule has 1 aromatic carbocycles. The molecule has 0 aromatic heterocycles. The van der Waals surface area contributed by atoms with Crippen molar-refractivity contribution in [3.05, 3.63) is 29.3 Å². The summed E-state index contributed by atoms with van der Waals surface area (Å²) >= 11 is 0. The highest BCUT2D eigenvalue weighted by Gasteiger charge is 2.27. The van der Waals surface area contributed by atoms with Crippen LogP contribution in [0.5, 0.6) is 0 Å². The Balaban J connectivity index is 2.05. The molecule has 114 valence electrons. The molecule has 1 fully saturated rings. The molecule has 0 saturated carbocycles. The number of nitrogens with one attached hydrogen (secondary N) is 1. The second kappa shape index (κ2) is 7.44. The Morgan fingerprint density at radius 3 is 2.67 bits per heavy atom. The van der Waals surface area contributed by atoms with Crippen molar-refractivity contribution in [2.75, 3.05) is 38.3 Å². The van der Waals surface area contributed by atoms with E-state index in [1.165, 1.54) is 0 Å². The summed E-state index contributed by atoms with van der Waals surface area (Å²) in [5, 5.41) is 12.7. The monoisotopic (exact) mass is 287 g/mol. The van der Waals surface area contributed by atoms with Crippen LogP contribution in [0, 0.1) is 23.2 Å². The molecule has 2 atom stereocenters. The van der Waals surface area contributed by atoms with Crippen molar-refractivity contribution in [2.45, 2.75) is 20.4 Å². The molecule has 0 amide bonds. The quantitative estimate of drug-likeness (QED) is 0.816. The summed E-state index contributed by atoms with van der Waals surface area (Å²) in [6.45, 7) is 8.94. The molecule has 4 heteroatoms. The predicted molar refractivity (Wildman–Crippen MR) is 85.3 cm³/mol. The lowest BCUT2D eigenvalue weighted by atomic mass is 10.0. The highest BCUT2D eigenvalue weighted by molar-refractivity contribution is 5.61. The molecular weight excluding hydrogens is 262 g/mol. The first kappa shape index (κ1) is 15.8. The van der Waals surface area contributed by atoms with Gasteiger partial charge in [-0.15, -0.1) is 0 Å². The van der Waals surface area contributed by atoms with Gasteiger partial charge >= 0.3 is 0 Å². The average molecular weight is 287 g/mol. The van der Waals surface area contributed by atoms with E-state index in [0.717, 1.165) is 43.0 Å². The Kier molecular flexibility index (Phi) is 5.60. The molecule has 1 aromatic rings. The Hall–Kier alpha value is -1.57. The predicted octanol–water partition coefficient (Wildman–Crippen LogP) is 2.39. The normalized spacial score (nSPS) is 21.5. The van der Waals surface area contributed by atoms with Crippen LogP contribution in [0.4, 0.5) is 5.69 Å². The zero-order valence-electron chi connectivity index (χ0n) is 13.2. The maximum atomic E-state index is 9.43. The smallest absolute Gasteiger partial charge is 0.101 e. The van der Waals surface area contributed by atoms with Gasteiger partial charge in [0.25, 0.3) is 0 Å². The fraction of sp³-hybridized carbons (Fsp3) is 0.588. The largest absolute Gasteiger partial charge is 0.383 e. The van der Waals surface area contributed by atoms with Crippen LogP contribution in [0.2, 0.25) is 0 Å². The summed E-state index contributed by atoms with van der Waals surface area (Å²) in [6.07, 6.45) is 0. The lowest BCUT2D eigenvalue weighted by Crippen LogP contribution is -2.21. The van der Waals surface area contributed by atoms with E-state index < -0.39 is 0 Å². The van der Waals surface area contributed by atoms with E-state index in [1.807, 2.05) is 6.07 Å². The van der Waals surface area contributed by atoms with Crippen molar-refractivity contribution >= 4 is 5.69 Å². The molecule has 21 heavy (non-hydrogen) atoms. The zero-order valence-corrected chi connectivity index (χ0v) is 13.2. The lowest BCUT2D eigenvalue weighted by molar-refractivity contribution is 0.199. The molecule has 1 heterocycles. The topological polar surface area (TPSA) is 48.3 Å². The first-order valence-electron chi connectivity index (χ1n) is 7.63.